The number of hydrazine groups is 1. The van der Waals surface area contributed by atoms with Crippen molar-refractivity contribution >= 4 is 5.91 Å². The summed E-state index contributed by atoms with van der Waals surface area (Å²) < 4.78 is 0. The molecule has 1 saturated heterocycles. The van der Waals surface area contributed by atoms with Gasteiger partial charge in [-0.1, -0.05) is 31.2 Å². The molecule has 4 heteroatoms. The van der Waals surface area contributed by atoms with Gasteiger partial charge in [-0.15, -0.1) is 0 Å². The van der Waals surface area contributed by atoms with Gasteiger partial charge in [-0.25, -0.2) is 5.84 Å². The minimum absolute atomic E-state index is 0.153. The third-order valence-corrected chi connectivity index (χ3v) is 4.31. The van der Waals surface area contributed by atoms with Gasteiger partial charge in [0.25, 0.3) is 0 Å². The lowest BCUT2D eigenvalue weighted by Crippen LogP contribution is -2.33. The number of likely N-dealkylation sites (tertiary alicyclic amines) is 1. The maximum Gasteiger partial charge on any atom is 0.241 e. The maximum atomic E-state index is 11.5. The molecule has 1 aliphatic rings. The lowest BCUT2D eigenvalue weighted by molar-refractivity contribution is -0.122. The highest BCUT2D eigenvalue weighted by atomic mass is 16.2. The number of nitrogens with zero attached hydrogens (tertiary/aromatic N) is 1. The number of amides is 1. The molecule has 0 aromatic heterocycles. The van der Waals surface area contributed by atoms with Crippen LogP contribution in [0.25, 0.3) is 0 Å². The van der Waals surface area contributed by atoms with Gasteiger partial charge in [0.05, 0.1) is 5.92 Å². The SMILES string of the molecule is CC1CC(C)N(Cc2ccc(C(C)C(=O)NN)cc2)C1. The van der Waals surface area contributed by atoms with Gasteiger partial charge < -0.3 is 0 Å². The first-order valence-corrected chi connectivity index (χ1v) is 7.34. The van der Waals surface area contributed by atoms with E-state index in [1.165, 1.54) is 18.5 Å². The number of carbonyl (C=O) groups is 1. The van der Waals surface area contributed by atoms with Gasteiger partial charge in [0.2, 0.25) is 5.91 Å². The highest BCUT2D eigenvalue weighted by molar-refractivity contribution is 5.82. The molecule has 0 saturated carbocycles. The van der Waals surface area contributed by atoms with Crippen LogP contribution >= 0.6 is 0 Å². The fraction of sp³-hybridized carbons (Fsp3) is 0.562. The van der Waals surface area contributed by atoms with E-state index >= 15 is 0 Å². The van der Waals surface area contributed by atoms with Gasteiger partial charge in [-0.3, -0.25) is 15.1 Å². The van der Waals surface area contributed by atoms with Crippen LogP contribution in [-0.2, 0) is 11.3 Å². The highest BCUT2D eigenvalue weighted by Crippen LogP contribution is 2.24. The molecule has 0 aliphatic carbocycles. The zero-order chi connectivity index (χ0) is 14.7. The first-order valence-electron chi connectivity index (χ1n) is 7.34. The summed E-state index contributed by atoms with van der Waals surface area (Å²) in [7, 11) is 0. The van der Waals surface area contributed by atoms with Crippen LogP contribution in [0, 0.1) is 5.92 Å². The molecule has 1 aromatic carbocycles. The summed E-state index contributed by atoms with van der Waals surface area (Å²) in [5.41, 5.74) is 4.50. The molecule has 3 N–H and O–H groups in total. The summed E-state index contributed by atoms with van der Waals surface area (Å²) >= 11 is 0. The lowest BCUT2D eigenvalue weighted by Gasteiger charge is -2.21. The second-order valence-corrected chi connectivity index (χ2v) is 6.09. The standard InChI is InChI=1S/C16H25N3O/c1-11-8-12(2)19(9-11)10-14-4-6-15(7-5-14)13(3)16(20)18-17/h4-7,11-13H,8-10,17H2,1-3H3,(H,18,20). The number of nitrogens with two attached hydrogens (primary N) is 1. The van der Waals surface area contributed by atoms with Gasteiger partial charge in [0.1, 0.15) is 0 Å². The molecule has 110 valence electrons. The van der Waals surface area contributed by atoms with Gasteiger partial charge in [0, 0.05) is 19.1 Å². The Bertz CT molecular complexity index is 457. The Morgan fingerprint density at radius 3 is 2.55 bits per heavy atom. The van der Waals surface area contributed by atoms with E-state index in [9.17, 15) is 4.79 Å². The van der Waals surface area contributed by atoms with Gasteiger partial charge in [-0.2, -0.15) is 0 Å². The lowest BCUT2D eigenvalue weighted by atomic mass is 9.99. The number of benzene rings is 1. The predicted octanol–water partition coefficient (Wildman–Crippen LogP) is 2.01. The van der Waals surface area contributed by atoms with Crippen molar-refractivity contribution in [2.24, 2.45) is 11.8 Å². The van der Waals surface area contributed by atoms with E-state index in [4.69, 9.17) is 5.84 Å². The van der Waals surface area contributed by atoms with Crippen molar-refractivity contribution in [2.45, 2.75) is 45.7 Å². The van der Waals surface area contributed by atoms with Gasteiger partial charge >= 0.3 is 0 Å². The minimum atomic E-state index is -0.209. The number of hydrogen-bond donors (Lipinski definition) is 2. The van der Waals surface area contributed by atoms with E-state index in [0.717, 1.165) is 18.0 Å². The van der Waals surface area contributed by atoms with Crippen molar-refractivity contribution < 1.29 is 4.79 Å². The van der Waals surface area contributed by atoms with Crippen molar-refractivity contribution in [3.05, 3.63) is 35.4 Å². The third-order valence-electron chi connectivity index (χ3n) is 4.31. The molecule has 0 spiro atoms. The normalized spacial score (nSPS) is 24.6. The average molecular weight is 275 g/mol. The zero-order valence-corrected chi connectivity index (χ0v) is 12.6. The van der Waals surface area contributed by atoms with Crippen LogP contribution in [-0.4, -0.2) is 23.4 Å². The van der Waals surface area contributed by atoms with Crippen LogP contribution < -0.4 is 11.3 Å². The van der Waals surface area contributed by atoms with Crippen molar-refractivity contribution in [1.82, 2.24) is 10.3 Å². The quantitative estimate of drug-likeness (QED) is 0.502. The molecule has 1 aromatic rings. The Balaban J connectivity index is 2.00. The Hall–Kier alpha value is -1.39. The summed E-state index contributed by atoms with van der Waals surface area (Å²) in [6, 6.07) is 8.95. The van der Waals surface area contributed by atoms with Crippen LogP contribution in [0.1, 0.15) is 44.2 Å². The van der Waals surface area contributed by atoms with Crippen molar-refractivity contribution in [1.29, 1.82) is 0 Å². The highest BCUT2D eigenvalue weighted by Gasteiger charge is 2.25. The largest absolute Gasteiger partial charge is 0.296 e. The smallest absolute Gasteiger partial charge is 0.241 e. The average Bonchev–Trinajstić information content (AvgIpc) is 2.76. The van der Waals surface area contributed by atoms with Gasteiger partial charge in [0.15, 0.2) is 0 Å². The molecule has 3 unspecified atom stereocenters. The van der Waals surface area contributed by atoms with Crippen molar-refractivity contribution in [3.63, 3.8) is 0 Å². The third kappa shape index (κ3) is 3.38. The van der Waals surface area contributed by atoms with E-state index in [1.807, 2.05) is 19.1 Å². The molecule has 3 atom stereocenters. The molecule has 1 fully saturated rings. The minimum Gasteiger partial charge on any atom is -0.296 e. The topological polar surface area (TPSA) is 58.4 Å². The van der Waals surface area contributed by atoms with E-state index in [1.54, 1.807) is 0 Å². The van der Waals surface area contributed by atoms with E-state index in [0.29, 0.717) is 6.04 Å². The molecule has 2 rings (SSSR count). The van der Waals surface area contributed by atoms with E-state index in [2.05, 4.69) is 36.3 Å². The Kier molecular flexibility index (Phi) is 4.78. The number of hydrogen-bond acceptors (Lipinski definition) is 3. The van der Waals surface area contributed by atoms with Crippen molar-refractivity contribution in [3.8, 4) is 0 Å². The Labute approximate surface area is 121 Å². The molecule has 1 aliphatic heterocycles. The maximum absolute atomic E-state index is 11.5. The van der Waals surface area contributed by atoms with Crippen LogP contribution in [0.3, 0.4) is 0 Å². The Morgan fingerprint density at radius 2 is 2.05 bits per heavy atom. The second kappa shape index (κ2) is 6.37. The first kappa shape index (κ1) is 15.0. The molecule has 4 nitrogen and oxygen atoms in total. The van der Waals surface area contributed by atoms with Crippen LogP contribution in [0.15, 0.2) is 24.3 Å². The number of carbonyl (C=O) groups excluding carboxylic acids is 1. The van der Waals surface area contributed by atoms with E-state index in [-0.39, 0.29) is 11.8 Å². The molecule has 1 amide bonds. The van der Waals surface area contributed by atoms with Crippen molar-refractivity contribution in [2.75, 3.05) is 6.54 Å². The molecular weight excluding hydrogens is 250 g/mol. The van der Waals surface area contributed by atoms with E-state index < -0.39 is 0 Å². The molecular formula is C16H25N3O. The zero-order valence-electron chi connectivity index (χ0n) is 12.6. The van der Waals surface area contributed by atoms with Crippen LogP contribution in [0.4, 0.5) is 0 Å². The fourth-order valence-corrected chi connectivity index (χ4v) is 3.03. The monoisotopic (exact) mass is 275 g/mol. The summed E-state index contributed by atoms with van der Waals surface area (Å²) in [6.45, 7) is 8.64. The number of rotatable bonds is 4. The predicted molar refractivity (Wildman–Crippen MR) is 80.8 cm³/mol. The summed E-state index contributed by atoms with van der Waals surface area (Å²) in [5, 5.41) is 0. The summed E-state index contributed by atoms with van der Waals surface area (Å²) in [6.07, 6.45) is 1.28. The van der Waals surface area contributed by atoms with Crippen LogP contribution in [0.2, 0.25) is 0 Å². The first-order chi connectivity index (χ1) is 9.51. The number of nitrogens with one attached hydrogen (secondary N) is 1. The fourth-order valence-electron chi connectivity index (χ4n) is 3.03. The van der Waals surface area contributed by atoms with Crippen LogP contribution in [0.5, 0.6) is 0 Å². The molecule has 1 heterocycles. The second-order valence-electron chi connectivity index (χ2n) is 6.09. The molecule has 20 heavy (non-hydrogen) atoms. The Morgan fingerprint density at radius 1 is 1.40 bits per heavy atom. The molecule has 0 radical (unpaired) electrons. The summed E-state index contributed by atoms with van der Waals surface area (Å²) in [4.78, 5) is 14.0. The summed E-state index contributed by atoms with van der Waals surface area (Å²) in [5.74, 6) is 5.60. The molecule has 0 bridgehead atoms. The van der Waals surface area contributed by atoms with Gasteiger partial charge in [-0.05, 0) is 37.3 Å².